The van der Waals surface area contributed by atoms with Crippen LogP contribution in [0, 0.1) is 15.9 Å². The third kappa shape index (κ3) is 4.35. The van der Waals surface area contributed by atoms with Gasteiger partial charge in [-0.2, -0.15) is 0 Å². The van der Waals surface area contributed by atoms with Crippen molar-refractivity contribution in [2.45, 2.75) is 17.5 Å². The summed E-state index contributed by atoms with van der Waals surface area (Å²) >= 11 is 7.11. The van der Waals surface area contributed by atoms with Crippen molar-refractivity contribution >= 4 is 29.1 Å². The third-order valence-corrected chi connectivity index (χ3v) is 4.99. The summed E-state index contributed by atoms with van der Waals surface area (Å²) in [4.78, 5) is 10.3. The summed E-state index contributed by atoms with van der Waals surface area (Å²) in [7, 11) is 0. The first-order valence-corrected chi connectivity index (χ1v) is 9.21. The number of nitro benzene ring substituents is 1. The van der Waals surface area contributed by atoms with Crippen molar-refractivity contribution in [3.05, 3.63) is 81.6 Å². The van der Waals surface area contributed by atoms with Gasteiger partial charge in [0.25, 0.3) is 5.69 Å². The Kier molecular flexibility index (Phi) is 5.88. The second-order valence-electron chi connectivity index (χ2n) is 5.53. The molecule has 0 N–H and O–H groups in total. The highest BCUT2D eigenvalue weighted by Crippen LogP contribution is 2.28. The maximum atomic E-state index is 14.0. The molecular formula is C18H14ClFN4O2S. The Bertz CT molecular complexity index is 992. The maximum Gasteiger partial charge on any atom is 0.269 e. The number of aromatic nitrogens is 3. The molecule has 1 aromatic heterocycles. The fourth-order valence-corrected chi connectivity index (χ4v) is 3.51. The largest absolute Gasteiger partial charge is 0.298 e. The van der Waals surface area contributed by atoms with E-state index in [9.17, 15) is 14.5 Å². The van der Waals surface area contributed by atoms with Crippen LogP contribution >= 0.6 is 23.4 Å². The van der Waals surface area contributed by atoms with E-state index in [1.54, 1.807) is 30.3 Å². The number of rotatable bonds is 7. The minimum Gasteiger partial charge on any atom is -0.298 e. The summed E-state index contributed by atoms with van der Waals surface area (Å²) in [6.07, 6.45) is 1.70. The van der Waals surface area contributed by atoms with Gasteiger partial charge in [0.1, 0.15) is 5.82 Å². The van der Waals surface area contributed by atoms with Crippen LogP contribution in [0.3, 0.4) is 0 Å². The minimum atomic E-state index is -0.458. The lowest BCUT2D eigenvalue weighted by Gasteiger charge is -2.08. The number of allylic oxidation sites excluding steroid dienone is 1. The minimum absolute atomic E-state index is 0.00125. The zero-order valence-electron chi connectivity index (χ0n) is 14.0. The average molecular weight is 405 g/mol. The molecule has 0 saturated carbocycles. The Morgan fingerprint density at radius 3 is 2.63 bits per heavy atom. The van der Waals surface area contributed by atoms with Crippen molar-refractivity contribution in [3.63, 3.8) is 0 Å². The van der Waals surface area contributed by atoms with E-state index in [0.717, 1.165) is 0 Å². The fraction of sp³-hybridized carbons (Fsp3) is 0.111. The van der Waals surface area contributed by atoms with E-state index in [1.165, 1.54) is 30.0 Å². The number of thioether (sulfide) groups is 1. The van der Waals surface area contributed by atoms with E-state index < -0.39 is 4.92 Å². The summed E-state index contributed by atoms with van der Waals surface area (Å²) in [5.41, 5.74) is 1.20. The molecule has 3 rings (SSSR count). The molecule has 0 aliphatic heterocycles. The number of nitrogens with zero attached hydrogens (tertiary/aromatic N) is 4. The maximum absolute atomic E-state index is 14.0. The van der Waals surface area contributed by atoms with Gasteiger partial charge in [-0.05, 0) is 29.8 Å². The van der Waals surface area contributed by atoms with Crippen LogP contribution in [0.15, 0.2) is 60.3 Å². The summed E-state index contributed by atoms with van der Waals surface area (Å²) in [6, 6.07) is 10.6. The predicted molar refractivity (Wildman–Crippen MR) is 103 cm³/mol. The van der Waals surface area contributed by atoms with Gasteiger partial charge in [-0.1, -0.05) is 35.5 Å². The average Bonchev–Trinajstić information content (AvgIpc) is 3.04. The number of non-ortho nitro benzene ring substituents is 1. The molecule has 0 bridgehead atoms. The van der Waals surface area contributed by atoms with Gasteiger partial charge >= 0.3 is 0 Å². The number of hydrogen-bond donors (Lipinski definition) is 0. The van der Waals surface area contributed by atoms with Crippen molar-refractivity contribution in [2.24, 2.45) is 0 Å². The van der Waals surface area contributed by atoms with Gasteiger partial charge in [-0.25, -0.2) is 4.39 Å². The SMILES string of the molecule is C=CCn1c(SCc2ccc(Cl)cc2F)nnc1-c1ccc([N+](=O)[O-])cc1. The molecule has 0 fully saturated rings. The first kappa shape index (κ1) is 19.1. The monoisotopic (exact) mass is 404 g/mol. The molecule has 2 aromatic carbocycles. The number of hydrogen-bond acceptors (Lipinski definition) is 5. The smallest absolute Gasteiger partial charge is 0.269 e. The molecule has 0 atom stereocenters. The van der Waals surface area contributed by atoms with Gasteiger partial charge in [0.15, 0.2) is 11.0 Å². The van der Waals surface area contributed by atoms with Crippen LogP contribution in [0.2, 0.25) is 5.02 Å². The van der Waals surface area contributed by atoms with Crippen molar-refractivity contribution < 1.29 is 9.31 Å². The fourth-order valence-electron chi connectivity index (χ4n) is 2.42. The normalized spacial score (nSPS) is 10.7. The van der Waals surface area contributed by atoms with E-state index in [2.05, 4.69) is 16.8 Å². The van der Waals surface area contributed by atoms with Gasteiger partial charge in [-0.15, -0.1) is 16.8 Å². The molecule has 9 heteroatoms. The summed E-state index contributed by atoms with van der Waals surface area (Å²) in [5.74, 6) is 0.544. The number of nitro groups is 1. The lowest BCUT2D eigenvalue weighted by atomic mass is 10.2. The van der Waals surface area contributed by atoms with Gasteiger partial charge in [0.05, 0.1) is 4.92 Å². The molecule has 0 aliphatic carbocycles. The molecule has 0 spiro atoms. The van der Waals surface area contributed by atoms with E-state index in [0.29, 0.717) is 39.4 Å². The summed E-state index contributed by atoms with van der Waals surface area (Å²) in [5, 5.41) is 20.1. The highest BCUT2D eigenvalue weighted by atomic mass is 35.5. The van der Waals surface area contributed by atoms with Crippen molar-refractivity contribution in [3.8, 4) is 11.4 Å². The molecule has 27 heavy (non-hydrogen) atoms. The Morgan fingerprint density at radius 1 is 1.26 bits per heavy atom. The second-order valence-corrected chi connectivity index (χ2v) is 6.91. The van der Waals surface area contributed by atoms with Crippen LogP contribution in [0.1, 0.15) is 5.56 Å². The summed E-state index contributed by atoms with van der Waals surface area (Å²) in [6.45, 7) is 4.19. The van der Waals surface area contributed by atoms with Crippen molar-refractivity contribution in [1.82, 2.24) is 14.8 Å². The Balaban J connectivity index is 1.86. The van der Waals surface area contributed by atoms with Gasteiger partial charge in [0.2, 0.25) is 0 Å². The topological polar surface area (TPSA) is 73.8 Å². The molecule has 0 aliphatic rings. The molecule has 138 valence electrons. The quantitative estimate of drug-likeness (QED) is 0.236. The standard InChI is InChI=1S/C18H14ClFN4O2S/c1-2-9-23-17(12-4-7-15(8-5-12)24(25)26)21-22-18(23)27-11-13-3-6-14(19)10-16(13)20/h2-8,10H,1,9,11H2. The molecule has 0 amide bonds. The second kappa shape index (κ2) is 8.32. The zero-order valence-corrected chi connectivity index (χ0v) is 15.6. The van der Waals surface area contributed by atoms with Gasteiger partial charge in [-0.3, -0.25) is 14.7 Å². The van der Waals surface area contributed by atoms with Gasteiger partial charge < -0.3 is 0 Å². The molecule has 6 nitrogen and oxygen atoms in total. The van der Waals surface area contributed by atoms with E-state index in [4.69, 9.17) is 11.6 Å². The van der Waals surface area contributed by atoms with Crippen LogP contribution in [-0.4, -0.2) is 19.7 Å². The Labute approximate surface area is 163 Å². The lowest BCUT2D eigenvalue weighted by Crippen LogP contribution is -2.01. The third-order valence-electron chi connectivity index (χ3n) is 3.74. The van der Waals surface area contributed by atoms with E-state index in [1.807, 2.05) is 4.57 Å². The Hall–Kier alpha value is -2.71. The lowest BCUT2D eigenvalue weighted by molar-refractivity contribution is -0.384. The first-order chi connectivity index (χ1) is 13.0. The molecule has 0 unspecified atom stereocenters. The molecule has 1 heterocycles. The zero-order chi connectivity index (χ0) is 19.4. The predicted octanol–water partition coefficient (Wildman–Crippen LogP) is 5.12. The van der Waals surface area contributed by atoms with Crippen molar-refractivity contribution in [2.75, 3.05) is 0 Å². The van der Waals surface area contributed by atoms with Crippen LogP contribution in [0.5, 0.6) is 0 Å². The summed E-state index contributed by atoms with van der Waals surface area (Å²) < 4.78 is 15.8. The van der Waals surface area contributed by atoms with Crippen LogP contribution in [0.25, 0.3) is 11.4 Å². The highest BCUT2D eigenvalue weighted by Gasteiger charge is 2.15. The van der Waals surface area contributed by atoms with E-state index in [-0.39, 0.29) is 11.5 Å². The molecule has 0 saturated heterocycles. The van der Waals surface area contributed by atoms with E-state index >= 15 is 0 Å². The van der Waals surface area contributed by atoms with Crippen molar-refractivity contribution in [1.29, 1.82) is 0 Å². The van der Waals surface area contributed by atoms with Crippen LogP contribution < -0.4 is 0 Å². The number of halogens is 2. The molecular weight excluding hydrogens is 391 g/mol. The molecule has 0 radical (unpaired) electrons. The van der Waals surface area contributed by atoms with Crippen LogP contribution in [0.4, 0.5) is 10.1 Å². The molecule has 3 aromatic rings. The highest BCUT2D eigenvalue weighted by molar-refractivity contribution is 7.98. The van der Waals surface area contributed by atoms with Crippen LogP contribution in [-0.2, 0) is 12.3 Å². The Morgan fingerprint density at radius 2 is 2.00 bits per heavy atom. The number of benzene rings is 2. The first-order valence-electron chi connectivity index (χ1n) is 7.85. The van der Waals surface area contributed by atoms with Gasteiger partial charge in [0, 0.05) is 35.0 Å².